The van der Waals surface area contributed by atoms with Crippen LogP contribution in [0.4, 0.5) is 0 Å². The van der Waals surface area contributed by atoms with Gasteiger partial charge in [0.05, 0.1) is 0 Å². The van der Waals surface area contributed by atoms with Crippen LogP contribution >= 0.6 is 0 Å². The second-order valence-electron chi connectivity index (χ2n) is 0.805. The lowest BCUT2D eigenvalue weighted by atomic mass is 10.8. The van der Waals surface area contributed by atoms with E-state index in [4.69, 9.17) is 5.11 Å². The molecule has 0 spiro atoms. The molecule has 0 aromatic rings. The van der Waals surface area contributed by atoms with Crippen LogP contribution in [0.3, 0.4) is 0 Å². The molecule has 0 aliphatic carbocycles. The maximum Gasteiger partial charge on any atom is 0.247 e. The van der Waals surface area contributed by atoms with Crippen LogP contribution in [-0.4, -0.2) is 18.0 Å². The SMILES string of the molecule is OCC1OO1. The van der Waals surface area contributed by atoms with Gasteiger partial charge in [-0.05, 0) is 0 Å². The molecule has 0 radical (unpaired) electrons. The Morgan fingerprint density at radius 1 is 1.60 bits per heavy atom. The van der Waals surface area contributed by atoms with Gasteiger partial charge in [-0.25, -0.2) is 0 Å². The van der Waals surface area contributed by atoms with Crippen LogP contribution in [0.15, 0.2) is 0 Å². The van der Waals surface area contributed by atoms with Crippen molar-refractivity contribution >= 4 is 0 Å². The van der Waals surface area contributed by atoms with Gasteiger partial charge in [-0.1, -0.05) is 0 Å². The van der Waals surface area contributed by atoms with Crippen molar-refractivity contribution < 1.29 is 14.9 Å². The molecule has 0 aromatic carbocycles. The van der Waals surface area contributed by atoms with Crippen LogP contribution in [0.2, 0.25) is 0 Å². The average Bonchev–Trinajstić information content (AvgIpc) is 2.12. The molecular weight excluding hydrogens is 72.0 g/mol. The molecule has 3 nitrogen and oxygen atoms in total. The van der Waals surface area contributed by atoms with E-state index in [2.05, 4.69) is 9.78 Å². The van der Waals surface area contributed by atoms with Crippen molar-refractivity contribution in [2.24, 2.45) is 0 Å². The second-order valence-corrected chi connectivity index (χ2v) is 0.805. The van der Waals surface area contributed by atoms with E-state index in [9.17, 15) is 0 Å². The third-order valence-corrected chi connectivity index (χ3v) is 0.381. The molecule has 1 heterocycles. The van der Waals surface area contributed by atoms with E-state index in [1.165, 1.54) is 0 Å². The molecule has 5 heavy (non-hydrogen) atoms. The maximum absolute atomic E-state index is 7.96. The van der Waals surface area contributed by atoms with Gasteiger partial charge in [0.2, 0.25) is 6.29 Å². The highest BCUT2D eigenvalue weighted by Crippen LogP contribution is 2.08. The van der Waals surface area contributed by atoms with Gasteiger partial charge in [-0.15, -0.1) is 0 Å². The van der Waals surface area contributed by atoms with E-state index in [1.54, 1.807) is 0 Å². The third kappa shape index (κ3) is 0.576. The van der Waals surface area contributed by atoms with Gasteiger partial charge in [0, 0.05) is 0 Å². The lowest BCUT2D eigenvalue weighted by molar-refractivity contribution is 0.0850. The lowest BCUT2D eigenvalue weighted by Gasteiger charge is -1.64. The predicted octanol–water partition coefficient (Wildman–Crippen LogP) is -0.733. The fraction of sp³-hybridized carbons (Fsp3) is 1.00. The molecule has 3 heteroatoms. The third-order valence-electron chi connectivity index (χ3n) is 0.381. The minimum atomic E-state index is -0.310. The Kier molecular flexibility index (Phi) is 0.574. The summed E-state index contributed by atoms with van der Waals surface area (Å²) in [7, 11) is 0. The first-order chi connectivity index (χ1) is 2.43. The Morgan fingerprint density at radius 3 is 2.20 bits per heavy atom. The van der Waals surface area contributed by atoms with Gasteiger partial charge >= 0.3 is 0 Å². The molecule has 0 bridgehead atoms. The first kappa shape index (κ1) is 3.08. The van der Waals surface area contributed by atoms with E-state index in [1.807, 2.05) is 0 Å². The topological polar surface area (TPSA) is 45.3 Å². The standard InChI is InChI=1S/C2H4O3/c3-1-2-4-5-2/h2-3H,1H2. The van der Waals surface area contributed by atoms with Crippen LogP contribution in [-0.2, 0) is 9.78 Å². The lowest BCUT2D eigenvalue weighted by Crippen LogP contribution is -1.88. The molecule has 1 aliphatic rings. The Morgan fingerprint density at radius 2 is 2.20 bits per heavy atom. The highest BCUT2D eigenvalue weighted by Gasteiger charge is 2.23. The van der Waals surface area contributed by atoms with Crippen LogP contribution in [0.5, 0.6) is 0 Å². The normalized spacial score (nSPS) is 23.4. The van der Waals surface area contributed by atoms with Crippen molar-refractivity contribution in [3.05, 3.63) is 0 Å². The van der Waals surface area contributed by atoms with Crippen molar-refractivity contribution in [3.8, 4) is 0 Å². The average molecular weight is 76.1 g/mol. The molecule has 1 aliphatic heterocycles. The van der Waals surface area contributed by atoms with Crippen molar-refractivity contribution in [1.29, 1.82) is 0 Å². The Labute approximate surface area is 29.0 Å². The summed E-state index contributed by atoms with van der Waals surface area (Å²) >= 11 is 0. The zero-order valence-corrected chi connectivity index (χ0v) is 2.55. The minimum Gasteiger partial charge on any atom is -0.391 e. The molecule has 30 valence electrons. The van der Waals surface area contributed by atoms with E-state index in [0.717, 1.165) is 0 Å². The minimum absolute atomic E-state index is 0.0278. The van der Waals surface area contributed by atoms with Crippen molar-refractivity contribution in [2.45, 2.75) is 6.29 Å². The van der Waals surface area contributed by atoms with Gasteiger partial charge < -0.3 is 5.11 Å². The summed E-state index contributed by atoms with van der Waals surface area (Å²) in [6, 6.07) is 0. The Bertz CT molecular complexity index is 31.9. The largest absolute Gasteiger partial charge is 0.391 e. The smallest absolute Gasteiger partial charge is 0.247 e. The van der Waals surface area contributed by atoms with Crippen molar-refractivity contribution in [3.63, 3.8) is 0 Å². The van der Waals surface area contributed by atoms with Gasteiger partial charge in [0.25, 0.3) is 0 Å². The van der Waals surface area contributed by atoms with Crippen LogP contribution in [0.1, 0.15) is 0 Å². The summed E-state index contributed by atoms with van der Waals surface area (Å²) in [5, 5.41) is 7.96. The van der Waals surface area contributed by atoms with Gasteiger partial charge in [-0.3, -0.25) is 0 Å². The number of hydrogen-bond donors (Lipinski definition) is 1. The Hall–Kier alpha value is -0.120. The molecule has 0 aromatic heterocycles. The first-order valence-corrected chi connectivity index (χ1v) is 1.36. The molecule has 0 amide bonds. The van der Waals surface area contributed by atoms with Crippen LogP contribution in [0, 0.1) is 0 Å². The van der Waals surface area contributed by atoms with Gasteiger partial charge in [0.1, 0.15) is 6.61 Å². The van der Waals surface area contributed by atoms with Gasteiger partial charge in [-0.2, -0.15) is 9.78 Å². The molecule has 0 saturated carbocycles. The molecule has 1 N–H and O–H groups in total. The van der Waals surface area contributed by atoms with Crippen molar-refractivity contribution in [2.75, 3.05) is 6.61 Å². The zero-order chi connectivity index (χ0) is 3.70. The summed E-state index contributed by atoms with van der Waals surface area (Å²) in [6.07, 6.45) is -0.310. The van der Waals surface area contributed by atoms with Crippen LogP contribution in [0.25, 0.3) is 0 Å². The number of aliphatic hydroxyl groups is 1. The maximum atomic E-state index is 7.96. The molecule has 1 fully saturated rings. The quantitative estimate of drug-likeness (QED) is 0.330. The van der Waals surface area contributed by atoms with E-state index >= 15 is 0 Å². The highest BCUT2D eigenvalue weighted by atomic mass is 17.4. The van der Waals surface area contributed by atoms with E-state index in [-0.39, 0.29) is 12.9 Å². The first-order valence-electron chi connectivity index (χ1n) is 1.36. The zero-order valence-electron chi connectivity index (χ0n) is 2.55. The van der Waals surface area contributed by atoms with Crippen LogP contribution < -0.4 is 0 Å². The fourth-order valence-corrected chi connectivity index (χ4v) is 0.100. The number of rotatable bonds is 1. The number of hydrogen-bond acceptors (Lipinski definition) is 3. The summed E-state index contributed by atoms with van der Waals surface area (Å²) < 4.78 is 0. The van der Waals surface area contributed by atoms with E-state index < -0.39 is 0 Å². The second kappa shape index (κ2) is 0.931. The molecule has 0 atom stereocenters. The summed E-state index contributed by atoms with van der Waals surface area (Å²) in [4.78, 5) is 8.22. The summed E-state index contributed by atoms with van der Waals surface area (Å²) in [5.41, 5.74) is 0. The van der Waals surface area contributed by atoms with Gasteiger partial charge in [0.15, 0.2) is 0 Å². The molecule has 1 rings (SSSR count). The van der Waals surface area contributed by atoms with E-state index in [0.29, 0.717) is 0 Å². The summed E-state index contributed by atoms with van der Waals surface area (Å²) in [5.74, 6) is 0. The van der Waals surface area contributed by atoms with Crippen molar-refractivity contribution in [1.82, 2.24) is 0 Å². The number of aliphatic hydroxyl groups excluding tert-OH is 1. The molecular formula is C2H4O3. The molecule has 0 unspecified atom stereocenters. The predicted molar refractivity (Wildman–Crippen MR) is 13.0 cm³/mol. The Balaban J connectivity index is 2.00. The molecule has 1 saturated heterocycles. The fourth-order valence-electron chi connectivity index (χ4n) is 0.100. The monoisotopic (exact) mass is 76.0 g/mol. The highest BCUT2D eigenvalue weighted by molar-refractivity contribution is 4.36. The summed E-state index contributed by atoms with van der Waals surface area (Å²) in [6.45, 7) is -0.0278.